The van der Waals surface area contributed by atoms with E-state index in [1.54, 1.807) is 12.1 Å². The van der Waals surface area contributed by atoms with Gasteiger partial charge in [0.25, 0.3) is 5.91 Å². The van der Waals surface area contributed by atoms with Crippen molar-refractivity contribution in [3.05, 3.63) is 54.2 Å². The molecule has 0 aliphatic rings. The summed E-state index contributed by atoms with van der Waals surface area (Å²) in [5.41, 5.74) is -0.0334. The zero-order valence-corrected chi connectivity index (χ0v) is 13.5. The van der Waals surface area contributed by atoms with Crippen molar-refractivity contribution in [1.29, 1.82) is 0 Å². The first-order chi connectivity index (χ1) is 11.9. The fourth-order valence-electron chi connectivity index (χ4n) is 1.94. The fraction of sp³-hybridized carbons (Fsp3) is 0.294. The molecule has 0 N–H and O–H groups in total. The van der Waals surface area contributed by atoms with Crippen molar-refractivity contribution in [2.24, 2.45) is 0 Å². The number of carbonyl (C=O) groups excluding carboxylic acids is 1. The topological polar surface area (TPSA) is 51.7 Å². The van der Waals surface area contributed by atoms with Crippen LogP contribution in [0.1, 0.15) is 10.4 Å². The predicted octanol–water partition coefficient (Wildman–Crippen LogP) is 3.17. The van der Waals surface area contributed by atoms with Gasteiger partial charge < -0.3 is 14.4 Å². The van der Waals surface area contributed by atoms with Crippen molar-refractivity contribution < 1.29 is 27.4 Å². The summed E-state index contributed by atoms with van der Waals surface area (Å²) in [7, 11) is 1.53. The highest BCUT2D eigenvalue weighted by Gasteiger charge is 2.30. The molecule has 0 aliphatic carbocycles. The Morgan fingerprint density at radius 2 is 1.84 bits per heavy atom. The normalized spacial score (nSPS) is 11.0. The first-order valence-corrected chi connectivity index (χ1v) is 7.45. The van der Waals surface area contributed by atoms with Crippen LogP contribution in [0.2, 0.25) is 0 Å². The van der Waals surface area contributed by atoms with Crippen LogP contribution in [0.15, 0.2) is 48.7 Å². The third-order valence-corrected chi connectivity index (χ3v) is 3.16. The average Bonchev–Trinajstić information content (AvgIpc) is 2.60. The smallest absolute Gasteiger partial charge is 0.422 e. The third kappa shape index (κ3) is 5.98. The Kier molecular flexibility index (Phi) is 6.21. The Morgan fingerprint density at radius 1 is 1.12 bits per heavy atom. The summed E-state index contributed by atoms with van der Waals surface area (Å²) < 4.78 is 47.0. The van der Waals surface area contributed by atoms with Gasteiger partial charge in [-0.25, -0.2) is 4.98 Å². The fourth-order valence-corrected chi connectivity index (χ4v) is 1.94. The van der Waals surface area contributed by atoms with E-state index in [0.29, 0.717) is 5.75 Å². The summed E-state index contributed by atoms with van der Waals surface area (Å²) >= 11 is 0. The molecule has 134 valence electrons. The Morgan fingerprint density at radius 3 is 2.52 bits per heavy atom. The van der Waals surface area contributed by atoms with E-state index in [9.17, 15) is 18.0 Å². The van der Waals surface area contributed by atoms with Crippen LogP contribution in [0.5, 0.6) is 11.6 Å². The van der Waals surface area contributed by atoms with Crippen LogP contribution in [-0.2, 0) is 0 Å². The van der Waals surface area contributed by atoms with Crippen LogP contribution in [0.25, 0.3) is 0 Å². The molecule has 1 heterocycles. The molecule has 1 amide bonds. The standard InChI is InChI=1S/C17H17F3N2O3/c1-22(10-11-24-13-6-3-2-4-7-13)16(23)14-8-5-9-21-15(14)25-12-17(18,19)20/h2-9H,10-12H2,1H3. The molecule has 5 nitrogen and oxygen atoms in total. The highest BCUT2D eigenvalue weighted by Crippen LogP contribution is 2.21. The lowest BCUT2D eigenvalue weighted by molar-refractivity contribution is -0.154. The summed E-state index contributed by atoms with van der Waals surface area (Å²) in [6.45, 7) is -1.02. The van der Waals surface area contributed by atoms with Crippen LogP contribution in [-0.4, -0.2) is 48.8 Å². The molecule has 0 saturated carbocycles. The number of carbonyl (C=O) groups is 1. The second-order valence-corrected chi connectivity index (χ2v) is 5.15. The quantitative estimate of drug-likeness (QED) is 0.766. The number of aromatic nitrogens is 1. The summed E-state index contributed by atoms with van der Waals surface area (Å²) in [5.74, 6) is -0.179. The molecule has 1 aromatic heterocycles. The molecular weight excluding hydrogens is 337 g/mol. The number of alkyl halides is 3. The number of nitrogens with zero attached hydrogens (tertiary/aromatic N) is 2. The number of halogens is 3. The van der Waals surface area contributed by atoms with E-state index in [4.69, 9.17) is 4.74 Å². The maximum Gasteiger partial charge on any atom is 0.422 e. The van der Waals surface area contributed by atoms with E-state index >= 15 is 0 Å². The van der Waals surface area contributed by atoms with E-state index < -0.39 is 18.7 Å². The molecule has 25 heavy (non-hydrogen) atoms. The minimum absolute atomic E-state index is 0.0334. The molecular formula is C17H17F3N2O3. The summed E-state index contributed by atoms with van der Waals surface area (Å²) in [6.07, 6.45) is -3.24. The molecule has 0 unspecified atom stereocenters. The molecule has 0 fully saturated rings. The van der Waals surface area contributed by atoms with Crippen molar-refractivity contribution in [2.75, 3.05) is 26.8 Å². The van der Waals surface area contributed by atoms with E-state index in [1.165, 1.54) is 30.3 Å². The number of likely N-dealkylation sites (N-methyl/N-ethyl adjacent to an activating group) is 1. The molecule has 8 heteroatoms. The van der Waals surface area contributed by atoms with Crippen LogP contribution in [0.4, 0.5) is 13.2 Å². The number of amides is 1. The van der Waals surface area contributed by atoms with Gasteiger partial charge in [-0.15, -0.1) is 0 Å². The minimum Gasteiger partial charge on any atom is -0.492 e. The van der Waals surface area contributed by atoms with Crippen molar-refractivity contribution in [1.82, 2.24) is 9.88 Å². The Hall–Kier alpha value is -2.77. The van der Waals surface area contributed by atoms with Crippen LogP contribution in [0.3, 0.4) is 0 Å². The molecule has 0 spiro atoms. The number of para-hydroxylation sites is 1. The number of hydrogen-bond acceptors (Lipinski definition) is 4. The lowest BCUT2D eigenvalue weighted by atomic mass is 10.2. The Bertz CT molecular complexity index is 693. The minimum atomic E-state index is -4.51. The number of hydrogen-bond donors (Lipinski definition) is 0. The summed E-state index contributed by atoms with van der Waals surface area (Å²) in [6, 6.07) is 11.9. The van der Waals surface area contributed by atoms with Gasteiger partial charge in [0.2, 0.25) is 5.88 Å². The first-order valence-electron chi connectivity index (χ1n) is 7.45. The van der Waals surface area contributed by atoms with E-state index in [1.807, 2.05) is 18.2 Å². The molecule has 0 saturated heterocycles. The number of ether oxygens (including phenoxy) is 2. The van der Waals surface area contributed by atoms with Gasteiger partial charge in [0, 0.05) is 13.2 Å². The number of pyridine rings is 1. The van der Waals surface area contributed by atoms with Gasteiger partial charge in [0.1, 0.15) is 17.9 Å². The van der Waals surface area contributed by atoms with Crippen LogP contribution in [0, 0.1) is 0 Å². The maximum absolute atomic E-state index is 12.4. The molecule has 1 aromatic carbocycles. The first kappa shape index (κ1) is 18.6. The lowest BCUT2D eigenvalue weighted by Crippen LogP contribution is -2.31. The summed E-state index contributed by atoms with van der Waals surface area (Å²) in [4.78, 5) is 17.4. The van der Waals surface area contributed by atoms with Gasteiger partial charge in [0.15, 0.2) is 6.61 Å². The Labute approximate surface area is 143 Å². The number of benzene rings is 1. The molecule has 2 aromatic rings. The van der Waals surface area contributed by atoms with Crippen molar-refractivity contribution in [3.63, 3.8) is 0 Å². The van der Waals surface area contributed by atoms with Gasteiger partial charge in [0.05, 0.1) is 6.54 Å². The van der Waals surface area contributed by atoms with Gasteiger partial charge in [-0.1, -0.05) is 18.2 Å². The molecule has 0 bridgehead atoms. The second kappa shape index (κ2) is 8.36. The van der Waals surface area contributed by atoms with Gasteiger partial charge >= 0.3 is 6.18 Å². The second-order valence-electron chi connectivity index (χ2n) is 5.15. The SMILES string of the molecule is CN(CCOc1ccccc1)C(=O)c1cccnc1OCC(F)(F)F. The largest absolute Gasteiger partial charge is 0.492 e. The average molecular weight is 354 g/mol. The lowest BCUT2D eigenvalue weighted by Gasteiger charge is -2.19. The van der Waals surface area contributed by atoms with Crippen molar-refractivity contribution in [2.45, 2.75) is 6.18 Å². The third-order valence-electron chi connectivity index (χ3n) is 3.16. The molecule has 0 radical (unpaired) electrons. The predicted molar refractivity (Wildman–Crippen MR) is 84.7 cm³/mol. The van der Waals surface area contributed by atoms with E-state index in [0.717, 1.165) is 0 Å². The monoisotopic (exact) mass is 354 g/mol. The van der Waals surface area contributed by atoms with Crippen LogP contribution < -0.4 is 9.47 Å². The van der Waals surface area contributed by atoms with Gasteiger partial charge in [-0.05, 0) is 24.3 Å². The maximum atomic E-state index is 12.4. The van der Waals surface area contributed by atoms with Crippen molar-refractivity contribution >= 4 is 5.91 Å². The molecule has 2 rings (SSSR count). The van der Waals surface area contributed by atoms with Crippen molar-refractivity contribution in [3.8, 4) is 11.6 Å². The summed E-state index contributed by atoms with van der Waals surface area (Å²) in [5, 5.41) is 0. The van der Waals surface area contributed by atoms with E-state index in [-0.39, 0.29) is 24.6 Å². The van der Waals surface area contributed by atoms with Crippen LogP contribution >= 0.6 is 0 Å². The molecule has 0 atom stereocenters. The van der Waals surface area contributed by atoms with Gasteiger partial charge in [-0.2, -0.15) is 13.2 Å². The zero-order valence-electron chi connectivity index (χ0n) is 13.5. The Balaban J connectivity index is 1.94. The highest BCUT2D eigenvalue weighted by molar-refractivity contribution is 5.96. The number of rotatable bonds is 7. The van der Waals surface area contributed by atoms with Gasteiger partial charge in [-0.3, -0.25) is 4.79 Å². The highest BCUT2D eigenvalue weighted by atomic mass is 19.4. The molecule has 0 aliphatic heterocycles. The zero-order chi connectivity index (χ0) is 18.3. The van der Waals surface area contributed by atoms with E-state index in [2.05, 4.69) is 9.72 Å².